The third kappa shape index (κ3) is 1.95. The first kappa shape index (κ1) is 10.8. The lowest BCUT2D eigenvalue weighted by molar-refractivity contribution is 0.134. The lowest BCUT2D eigenvalue weighted by atomic mass is 9.67. The molecule has 0 radical (unpaired) electrons. The minimum Gasteiger partial charge on any atom is -0.314 e. The van der Waals surface area contributed by atoms with Crippen LogP contribution in [-0.4, -0.2) is 12.6 Å². The van der Waals surface area contributed by atoms with E-state index in [0.29, 0.717) is 0 Å². The van der Waals surface area contributed by atoms with E-state index < -0.39 is 0 Å². The Bertz CT molecular complexity index is 289. The van der Waals surface area contributed by atoms with Crippen LogP contribution in [0.3, 0.4) is 0 Å². The SMILES string of the molecule is C1CCC2(C1)CCC1(CC2)CC1CNC1CC1. The molecule has 4 saturated carbocycles. The van der Waals surface area contributed by atoms with Crippen molar-refractivity contribution in [2.45, 2.75) is 76.7 Å². The summed E-state index contributed by atoms with van der Waals surface area (Å²) < 4.78 is 0. The van der Waals surface area contributed by atoms with E-state index in [1.165, 1.54) is 32.2 Å². The zero-order valence-electron chi connectivity index (χ0n) is 11.1. The Morgan fingerprint density at radius 2 is 1.59 bits per heavy atom. The fourth-order valence-corrected chi connectivity index (χ4v) is 4.83. The molecule has 0 heterocycles. The van der Waals surface area contributed by atoms with Gasteiger partial charge in [0.25, 0.3) is 0 Å². The van der Waals surface area contributed by atoms with Crippen molar-refractivity contribution in [3.05, 3.63) is 0 Å². The van der Waals surface area contributed by atoms with E-state index in [1.54, 1.807) is 44.9 Å². The van der Waals surface area contributed by atoms with Crippen LogP contribution in [0.25, 0.3) is 0 Å². The van der Waals surface area contributed by atoms with Gasteiger partial charge >= 0.3 is 0 Å². The van der Waals surface area contributed by atoms with Crippen LogP contribution in [0.5, 0.6) is 0 Å². The van der Waals surface area contributed by atoms with E-state index in [0.717, 1.165) is 22.8 Å². The molecular weight excluding hydrogens is 206 g/mol. The topological polar surface area (TPSA) is 12.0 Å². The molecule has 1 atom stereocenters. The minimum atomic E-state index is 0.829. The summed E-state index contributed by atoms with van der Waals surface area (Å²) in [5, 5.41) is 3.75. The lowest BCUT2D eigenvalue weighted by Crippen LogP contribution is -2.28. The molecule has 0 bridgehead atoms. The van der Waals surface area contributed by atoms with Crippen molar-refractivity contribution >= 4 is 0 Å². The molecule has 0 saturated heterocycles. The van der Waals surface area contributed by atoms with Crippen molar-refractivity contribution in [3.63, 3.8) is 0 Å². The van der Waals surface area contributed by atoms with Gasteiger partial charge in [0.1, 0.15) is 0 Å². The summed E-state index contributed by atoms with van der Waals surface area (Å²) in [4.78, 5) is 0. The third-order valence-electron chi connectivity index (χ3n) is 6.56. The smallest absolute Gasteiger partial charge is 0.00683 e. The van der Waals surface area contributed by atoms with Crippen molar-refractivity contribution in [2.75, 3.05) is 6.54 Å². The van der Waals surface area contributed by atoms with Crippen LogP contribution in [0.4, 0.5) is 0 Å². The largest absolute Gasteiger partial charge is 0.314 e. The van der Waals surface area contributed by atoms with Crippen molar-refractivity contribution in [1.82, 2.24) is 5.32 Å². The molecule has 4 rings (SSSR count). The summed E-state index contributed by atoms with van der Waals surface area (Å²) in [7, 11) is 0. The quantitative estimate of drug-likeness (QED) is 0.780. The molecule has 0 amide bonds. The van der Waals surface area contributed by atoms with Gasteiger partial charge in [-0.3, -0.25) is 0 Å². The summed E-state index contributed by atoms with van der Waals surface area (Å²) in [6.07, 6.45) is 16.9. The van der Waals surface area contributed by atoms with Gasteiger partial charge < -0.3 is 5.32 Å². The highest BCUT2D eigenvalue weighted by atomic mass is 15.0. The Morgan fingerprint density at radius 1 is 0.882 bits per heavy atom. The van der Waals surface area contributed by atoms with Gasteiger partial charge in [-0.1, -0.05) is 12.8 Å². The van der Waals surface area contributed by atoms with E-state index in [9.17, 15) is 0 Å². The molecule has 1 N–H and O–H groups in total. The second-order valence-corrected chi connectivity index (χ2v) is 7.65. The second kappa shape index (κ2) is 3.73. The zero-order chi connectivity index (χ0) is 11.3. The molecule has 4 aliphatic carbocycles. The molecule has 1 unspecified atom stereocenters. The van der Waals surface area contributed by atoms with Gasteiger partial charge in [0, 0.05) is 6.04 Å². The standard InChI is InChI=1S/C16H27N/c1-2-6-15(5-1)7-9-16(10-8-15)11-13(16)12-17-14-3-4-14/h13-14,17H,1-12H2. The van der Waals surface area contributed by atoms with Crippen LogP contribution in [0.15, 0.2) is 0 Å². The average molecular weight is 233 g/mol. The number of rotatable bonds is 3. The number of nitrogens with one attached hydrogen (secondary N) is 1. The van der Waals surface area contributed by atoms with Crippen molar-refractivity contribution in [3.8, 4) is 0 Å². The Hall–Kier alpha value is -0.0400. The van der Waals surface area contributed by atoms with Crippen molar-refractivity contribution in [2.24, 2.45) is 16.7 Å². The normalized spacial score (nSPS) is 37.8. The van der Waals surface area contributed by atoms with Crippen LogP contribution in [0, 0.1) is 16.7 Å². The van der Waals surface area contributed by atoms with E-state index >= 15 is 0 Å². The van der Waals surface area contributed by atoms with Gasteiger partial charge in [0.15, 0.2) is 0 Å². The molecule has 4 aliphatic rings. The Balaban J connectivity index is 1.30. The first-order valence-electron chi connectivity index (χ1n) is 8.04. The monoisotopic (exact) mass is 233 g/mol. The minimum absolute atomic E-state index is 0.829. The Kier molecular flexibility index (Phi) is 2.38. The molecule has 2 spiro atoms. The summed E-state index contributed by atoms with van der Waals surface area (Å²) in [5.41, 5.74) is 1.66. The lowest BCUT2D eigenvalue weighted by Gasteiger charge is -2.38. The Morgan fingerprint density at radius 3 is 2.24 bits per heavy atom. The molecule has 0 aromatic carbocycles. The van der Waals surface area contributed by atoms with Crippen LogP contribution < -0.4 is 5.32 Å². The maximum absolute atomic E-state index is 3.75. The Labute approximate surface area is 106 Å². The molecule has 17 heavy (non-hydrogen) atoms. The number of hydrogen-bond donors (Lipinski definition) is 1. The summed E-state index contributed by atoms with van der Waals surface area (Å²) in [6, 6.07) is 0.914. The first-order chi connectivity index (χ1) is 8.30. The highest BCUT2D eigenvalue weighted by Gasteiger charge is 2.56. The molecular formula is C16H27N. The van der Waals surface area contributed by atoms with Gasteiger partial charge in [-0.25, -0.2) is 0 Å². The molecule has 1 heteroatoms. The molecule has 0 aromatic rings. The number of hydrogen-bond acceptors (Lipinski definition) is 1. The summed E-state index contributed by atoms with van der Waals surface area (Å²) >= 11 is 0. The van der Waals surface area contributed by atoms with Crippen LogP contribution in [-0.2, 0) is 0 Å². The summed E-state index contributed by atoms with van der Waals surface area (Å²) in [5.74, 6) is 1.06. The van der Waals surface area contributed by atoms with Crippen LogP contribution in [0.1, 0.15) is 70.6 Å². The van der Waals surface area contributed by atoms with Crippen molar-refractivity contribution < 1.29 is 0 Å². The zero-order valence-corrected chi connectivity index (χ0v) is 11.1. The third-order valence-corrected chi connectivity index (χ3v) is 6.56. The highest BCUT2D eigenvalue weighted by Crippen LogP contribution is 2.66. The fourth-order valence-electron chi connectivity index (χ4n) is 4.83. The second-order valence-electron chi connectivity index (χ2n) is 7.65. The van der Waals surface area contributed by atoms with E-state index in [4.69, 9.17) is 0 Å². The van der Waals surface area contributed by atoms with Gasteiger partial charge in [-0.2, -0.15) is 0 Å². The van der Waals surface area contributed by atoms with Crippen LogP contribution >= 0.6 is 0 Å². The maximum Gasteiger partial charge on any atom is 0.00683 e. The van der Waals surface area contributed by atoms with Gasteiger partial charge in [-0.05, 0) is 81.1 Å². The molecule has 96 valence electrons. The van der Waals surface area contributed by atoms with Gasteiger partial charge in [0.2, 0.25) is 0 Å². The average Bonchev–Trinajstić information content (AvgIpc) is 3.24. The molecule has 0 aromatic heterocycles. The highest BCUT2D eigenvalue weighted by molar-refractivity contribution is 5.08. The molecule has 1 nitrogen and oxygen atoms in total. The molecule has 4 fully saturated rings. The fraction of sp³-hybridized carbons (Fsp3) is 1.00. The maximum atomic E-state index is 3.75. The van der Waals surface area contributed by atoms with E-state index in [2.05, 4.69) is 5.32 Å². The summed E-state index contributed by atoms with van der Waals surface area (Å²) in [6.45, 7) is 1.34. The predicted molar refractivity (Wildman–Crippen MR) is 70.9 cm³/mol. The van der Waals surface area contributed by atoms with Gasteiger partial charge in [-0.15, -0.1) is 0 Å². The van der Waals surface area contributed by atoms with E-state index in [-0.39, 0.29) is 0 Å². The van der Waals surface area contributed by atoms with Crippen molar-refractivity contribution in [1.29, 1.82) is 0 Å². The van der Waals surface area contributed by atoms with Gasteiger partial charge in [0.05, 0.1) is 0 Å². The van der Waals surface area contributed by atoms with Crippen LogP contribution in [0.2, 0.25) is 0 Å². The predicted octanol–water partition coefficient (Wildman–Crippen LogP) is 3.88. The molecule has 0 aliphatic heterocycles. The van der Waals surface area contributed by atoms with E-state index in [1.807, 2.05) is 0 Å². The first-order valence-corrected chi connectivity index (χ1v) is 8.04.